The van der Waals surface area contributed by atoms with Crippen molar-refractivity contribution in [2.24, 2.45) is 5.16 Å². The van der Waals surface area contributed by atoms with E-state index in [1.54, 1.807) is 4.57 Å². The van der Waals surface area contributed by atoms with Crippen LogP contribution in [0.1, 0.15) is 61.6 Å². The van der Waals surface area contributed by atoms with Gasteiger partial charge in [0.05, 0.1) is 53.8 Å². The number of nitrogens with one attached hydrogen (secondary N) is 2. The Labute approximate surface area is 342 Å². The normalized spacial score (nSPS) is 20.4. The monoisotopic (exact) mass is 858 g/mol. The number of carbonyl (C=O) groups excluding carboxylic acids is 4. The number of aromatic hydroxyl groups is 2. The fourth-order valence-corrected chi connectivity index (χ4v) is 9.59. The summed E-state index contributed by atoms with van der Waals surface area (Å²) in [5.41, 5.74) is 3.06. The van der Waals surface area contributed by atoms with Crippen LogP contribution in [-0.2, 0) is 24.0 Å². The Morgan fingerprint density at radius 2 is 1.90 bits per heavy atom. The van der Waals surface area contributed by atoms with Crippen molar-refractivity contribution >= 4 is 86.1 Å². The summed E-state index contributed by atoms with van der Waals surface area (Å²) in [4.78, 5) is 88.6. The number of likely N-dealkylation sites (tertiary alicyclic amines) is 1. The number of hydrogen-bond donors (Lipinski definition) is 6. The second-order valence-electron chi connectivity index (χ2n) is 15.1. The lowest BCUT2D eigenvalue weighted by molar-refractivity contribution is -0.911. The molecule has 4 aliphatic rings. The summed E-state index contributed by atoms with van der Waals surface area (Å²) in [7, 11) is 0. The number of aromatic nitrogens is 2. The molecule has 3 amide bonds. The molecule has 1 aromatic carbocycles. The molecule has 3 aromatic rings. The van der Waals surface area contributed by atoms with Crippen LogP contribution < -0.4 is 26.9 Å². The van der Waals surface area contributed by atoms with Gasteiger partial charge in [-0.3, -0.25) is 24.1 Å². The molecule has 1 aliphatic carbocycles. The lowest BCUT2D eigenvalue weighted by Gasteiger charge is -2.51. The van der Waals surface area contributed by atoms with Crippen molar-refractivity contribution in [3.63, 3.8) is 0 Å². The molecule has 1 saturated carbocycles. The number of oxime groups is 1. The van der Waals surface area contributed by atoms with Crippen molar-refractivity contribution in [2.75, 3.05) is 44.2 Å². The lowest BCUT2D eigenvalue weighted by atomic mass is 10.0. The van der Waals surface area contributed by atoms with Crippen LogP contribution in [0.2, 0.25) is 5.02 Å². The van der Waals surface area contributed by atoms with Crippen molar-refractivity contribution < 1.29 is 53.7 Å². The Morgan fingerprint density at radius 3 is 2.52 bits per heavy atom. The smallest absolute Gasteiger partial charge is 0.350 e. The van der Waals surface area contributed by atoms with E-state index in [2.05, 4.69) is 20.8 Å². The molecule has 3 fully saturated rings. The fraction of sp³-hybridized carbons (Fsp3) is 0.444. The summed E-state index contributed by atoms with van der Waals surface area (Å²) in [6.45, 7) is 4.50. The molecule has 2 atom stereocenters. The van der Waals surface area contributed by atoms with Crippen molar-refractivity contribution in [3.05, 3.63) is 55.4 Å². The van der Waals surface area contributed by atoms with Crippen molar-refractivity contribution in [3.8, 4) is 11.5 Å². The van der Waals surface area contributed by atoms with E-state index in [-0.39, 0.29) is 57.4 Å². The van der Waals surface area contributed by atoms with Crippen LogP contribution in [-0.4, -0.2) is 125 Å². The highest BCUT2D eigenvalue weighted by Gasteiger charge is 2.54. The van der Waals surface area contributed by atoms with E-state index in [0.29, 0.717) is 35.2 Å². The number of halogens is 1. The number of phenolic OH excluding ortho intramolecular Hbond substituents is 2. The summed E-state index contributed by atoms with van der Waals surface area (Å²) < 4.78 is 2.10. The summed E-state index contributed by atoms with van der Waals surface area (Å²) in [5.74, 6) is -6.15. The fourth-order valence-electron chi connectivity index (χ4n) is 7.43. The van der Waals surface area contributed by atoms with Crippen LogP contribution in [0.25, 0.3) is 10.9 Å². The number of nitrogens with two attached hydrogens (primary N) is 1. The molecule has 7 rings (SSSR count). The number of nitrogens with zero attached hydrogens (tertiary/aromatic N) is 5. The molecule has 3 aliphatic heterocycles. The minimum absolute atomic E-state index is 0.00979. The van der Waals surface area contributed by atoms with E-state index in [1.807, 2.05) is 0 Å². The predicted octanol–water partition coefficient (Wildman–Crippen LogP) is 0.468. The van der Waals surface area contributed by atoms with Crippen molar-refractivity contribution in [1.82, 2.24) is 25.1 Å². The first-order valence-electron chi connectivity index (χ1n) is 18.3. The quantitative estimate of drug-likeness (QED) is 0.0423. The molecule has 5 heterocycles. The number of aliphatic carboxylic acids is 2. The predicted molar refractivity (Wildman–Crippen MR) is 209 cm³/mol. The molecule has 22 heteroatoms. The number of carboxylic acids is 2. The number of pyridine rings is 1. The highest BCUT2D eigenvalue weighted by atomic mass is 35.5. The third kappa shape index (κ3) is 7.53. The van der Waals surface area contributed by atoms with Gasteiger partial charge >= 0.3 is 5.97 Å². The third-order valence-corrected chi connectivity index (χ3v) is 13.1. The van der Waals surface area contributed by atoms with E-state index in [4.69, 9.17) is 22.2 Å². The molecular weight excluding hydrogens is 820 g/mol. The Balaban J connectivity index is 1.06. The topological polar surface area (TPSA) is 279 Å². The van der Waals surface area contributed by atoms with Gasteiger partial charge in [0.25, 0.3) is 17.7 Å². The van der Waals surface area contributed by atoms with Gasteiger partial charge in [-0.1, -0.05) is 16.8 Å². The number of carbonyl (C=O) groups is 5. The standard InChI is InChI=1S/C36H39ClN8O11S2/c1-36(2,34(54)55)56-42-24(19-15-58-35(38)40-19)30(50)41-25-31(51)44-26(33(52)53)16(14-57-32(25)44)13-45(8-3-4-9-45)10-7-39-29(49)18-12-43(17-5-6-17)20-11-21(46)28(48)23(37)22(20)27(18)47/h11-12,15,17,25,32H,3-10,13-14H2,1-2H3,(H7-,38,39,40,41,42,46,47,48,49,50,52,53,54,55)/t25-,32-/m1/s1. The largest absolute Gasteiger partial charge is 0.543 e. The molecule has 58 heavy (non-hydrogen) atoms. The maximum absolute atomic E-state index is 13.6. The van der Waals surface area contributed by atoms with Gasteiger partial charge in [-0.25, -0.2) is 9.78 Å². The minimum Gasteiger partial charge on any atom is -0.543 e. The van der Waals surface area contributed by atoms with Gasteiger partial charge in [-0.2, -0.15) is 0 Å². The lowest BCUT2D eigenvalue weighted by Crippen LogP contribution is -2.72. The summed E-state index contributed by atoms with van der Waals surface area (Å²) in [5, 5.41) is 51.9. The average molecular weight is 859 g/mol. The van der Waals surface area contributed by atoms with Crippen LogP contribution in [0.5, 0.6) is 11.5 Å². The van der Waals surface area contributed by atoms with Gasteiger partial charge in [0.2, 0.25) is 11.0 Å². The maximum atomic E-state index is 13.6. The first kappa shape index (κ1) is 40.8. The van der Waals surface area contributed by atoms with Gasteiger partial charge in [-0.15, -0.1) is 23.1 Å². The molecule has 7 N–H and O–H groups in total. The van der Waals surface area contributed by atoms with Crippen LogP contribution in [0.3, 0.4) is 0 Å². The number of hydrogen-bond acceptors (Lipinski definition) is 15. The minimum atomic E-state index is -1.82. The Kier molecular flexibility index (Phi) is 10.8. The molecule has 0 radical (unpaired) electrons. The highest BCUT2D eigenvalue weighted by Crippen LogP contribution is 2.43. The van der Waals surface area contributed by atoms with Gasteiger partial charge in [0.1, 0.15) is 29.2 Å². The zero-order valence-electron chi connectivity index (χ0n) is 31.2. The third-order valence-electron chi connectivity index (χ3n) is 10.7. The number of amides is 3. The number of quaternary nitrogens is 1. The number of nitrogen functional groups attached to an aromatic ring is 1. The zero-order valence-corrected chi connectivity index (χ0v) is 33.5. The number of thiazole rings is 1. The second kappa shape index (κ2) is 15.4. The summed E-state index contributed by atoms with van der Waals surface area (Å²) in [6.07, 6.45) is 4.70. The second-order valence-corrected chi connectivity index (χ2v) is 17.5. The molecular formula is C36H39ClN8O11S2. The van der Waals surface area contributed by atoms with E-state index >= 15 is 0 Å². The van der Waals surface area contributed by atoms with Gasteiger partial charge in [0, 0.05) is 47.9 Å². The first-order chi connectivity index (χ1) is 27.4. The van der Waals surface area contributed by atoms with Gasteiger partial charge < -0.3 is 55.5 Å². The van der Waals surface area contributed by atoms with Crippen LogP contribution >= 0.6 is 34.7 Å². The van der Waals surface area contributed by atoms with E-state index in [1.165, 1.54) is 43.3 Å². The average Bonchev–Trinajstić information content (AvgIpc) is 3.76. The Hall–Kier alpha value is -5.38. The number of carboxylic acid groups (broad SMARTS) is 2. The van der Waals surface area contributed by atoms with Gasteiger partial charge in [-0.05, 0) is 26.7 Å². The Bertz CT molecular complexity index is 2390. The Morgan fingerprint density at radius 1 is 1.19 bits per heavy atom. The molecule has 0 bridgehead atoms. The first-order valence-corrected chi connectivity index (χ1v) is 20.6. The number of anilines is 1. The summed E-state index contributed by atoms with van der Waals surface area (Å²) >= 11 is 8.54. The van der Waals surface area contributed by atoms with E-state index < -0.39 is 69.3 Å². The molecule has 0 unspecified atom stereocenters. The molecule has 19 nitrogen and oxygen atoms in total. The molecule has 308 valence electrons. The highest BCUT2D eigenvalue weighted by molar-refractivity contribution is 8.00. The zero-order chi connectivity index (χ0) is 41.8. The molecule has 2 saturated heterocycles. The van der Waals surface area contributed by atoms with Gasteiger partial charge in [0.15, 0.2) is 22.3 Å². The summed E-state index contributed by atoms with van der Waals surface area (Å²) in [6, 6.07) is 0.0697. The number of phenols is 2. The maximum Gasteiger partial charge on any atom is 0.350 e. The van der Waals surface area contributed by atoms with Crippen LogP contribution in [0, 0.1) is 0 Å². The SMILES string of the molecule is CC(C)(O/N=C(\C(=O)N[C@@H]1C(=O)N2C(C(=O)[O-])=C(C[N+]3(CCNC(=O)c4cn(C5CC5)c5cc(O)c(O)c(Cl)c5c4=O)CCCC3)CS[C@H]12)c1csc(N)n1)C(=O)O. The van der Waals surface area contributed by atoms with E-state index in [0.717, 1.165) is 41.9 Å². The van der Waals surface area contributed by atoms with Crippen LogP contribution in [0.4, 0.5) is 5.13 Å². The number of fused-ring (bicyclic) bond motifs is 2. The number of β-lactam (4-membered cyclic amide) rings is 1. The van der Waals surface area contributed by atoms with Crippen LogP contribution in [0.15, 0.2) is 38.9 Å². The number of rotatable bonds is 14. The molecule has 2 aromatic heterocycles. The molecule has 0 spiro atoms. The van der Waals surface area contributed by atoms with E-state index in [9.17, 15) is 49.2 Å². The number of thioether (sulfide) groups is 1. The number of benzene rings is 1. The van der Waals surface area contributed by atoms with Crippen molar-refractivity contribution in [2.45, 2.75) is 62.6 Å². The van der Waals surface area contributed by atoms with Crippen molar-refractivity contribution in [1.29, 1.82) is 0 Å².